The molecular weight excluding hydrogens is 572 g/mol. The molecule has 2 aromatic rings. The van der Waals surface area contributed by atoms with Crippen LogP contribution in [0.1, 0.15) is 46.4 Å². The molecule has 0 radical (unpaired) electrons. The molecule has 2 aliphatic rings. The Balaban J connectivity index is 1.12. The predicted octanol–water partition coefficient (Wildman–Crippen LogP) is 3.02. The van der Waals surface area contributed by atoms with Gasteiger partial charge < -0.3 is 48.5 Å². The molecule has 0 bridgehead atoms. The van der Waals surface area contributed by atoms with Crippen molar-refractivity contribution in [2.75, 3.05) is 92.4 Å². The summed E-state index contributed by atoms with van der Waals surface area (Å²) in [5.41, 5.74) is 1.01. The second-order valence-corrected chi connectivity index (χ2v) is 10.1. The molecule has 2 aliphatic heterocycles. The largest absolute Gasteiger partial charge is 0.487 e. The maximum atomic E-state index is 12.7. The maximum absolute atomic E-state index is 12.7. The van der Waals surface area contributed by atoms with Crippen LogP contribution in [0.5, 0.6) is 23.0 Å². The number of unbranched alkanes of at least 4 members (excludes halogenated alkanes) is 3. The van der Waals surface area contributed by atoms with Crippen molar-refractivity contribution in [1.82, 2.24) is 10.6 Å². The Labute approximate surface area is 258 Å². The van der Waals surface area contributed by atoms with Crippen LogP contribution in [0.3, 0.4) is 0 Å². The van der Waals surface area contributed by atoms with Crippen LogP contribution in [0.2, 0.25) is 0 Å². The number of carbonyl (C=O) groups excluding carboxylic acids is 2. The van der Waals surface area contributed by atoms with Crippen molar-refractivity contribution in [3.63, 3.8) is 0 Å². The summed E-state index contributed by atoms with van der Waals surface area (Å²) >= 11 is 0. The summed E-state index contributed by atoms with van der Waals surface area (Å²) in [6.07, 6.45) is 3.52. The van der Waals surface area contributed by atoms with Gasteiger partial charge in [0, 0.05) is 24.2 Å². The first-order valence-electron chi connectivity index (χ1n) is 15.4. The molecule has 0 unspecified atom stereocenters. The highest BCUT2D eigenvalue weighted by Gasteiger charge is 2.14. The van der Waals surface area contributed by atoms with Gasteiger partial charge in [-0.25, -0.2) is 0 Å². The van der Waals surface area contributed by atoms with Gasteiger partial charge in [-0.15, -0.1) is 0 Å². The van der Waals surface area contributed by atoms with Crippen molar-refractivity contribution >= 4 is 11.8 Å². The molecule has 0 fully saturated rings. The molecule has 2 heterocycles. The molecule has 0 saturated carbocycles. The third kappa shape index (κ3) is 11.8. The minimum Gasteiger partial charge on any atom is -0.487 e. The van der Waals surface area contributed by atoms with Gasteiger partial charge in [-0.3, -0.25) is 9.59 Å². The molecule has 0 atom stereocenters. The molecule has 12 nitrogen and oxygen atoms in total. The quantitative estimate of drug-likeness (QED) is 0.406. The number of benzene rings is 2. The Morgan fingerprint density at radius 3 is 1.18 bits per heavy atom. The predicted molar refractivity (Wildman–Crippen MR) is 161 cm³/mol. The van der Waals surface area contributed by atoms with Crippen molar-refractivity contribution in [1.29, 1.82) is 0 Å². The second kappa shape index (κ2) is 19.6. The van der Waals surface area contributed by atoms with Gasteiger partial charge in [-0.1, -0.05) is 12.8 Å². The van der Waals surface area contributed by atoms with Crippen LogP contribution in [0.25, 0.3) is 0 Å². The van der Waals surface area contributed by atoms with Crippen molar-refractivity contribution in [2.24, 2.45) is 0 Å². The zero-order valence-corrected chi connectivity index (χ0v) is 25.3. The summed E-state index contributed by atoms with van der Waals surface area (Å²) in [6, 6.07) is 10.3. The topological polar surface area (TPSA) is 132 Å². The Bertz CT molecular complexity index is 1070. The van der Waals surface area contributed by atoms with Crippen molar-refractivity contribution in [3.8, 4) is 23.0 Å². The molecule has 0 saturated heterocycles. The van der Waals surface area contributed by atoms with E-state index < -0.39 is 0 Å². The molecular formula is C32H44N2O10. The fourth-order valence-corrected chi connectivity index (χ4v) is 4.46. The number of hydrogen-bond donors (Lipinski definition) is 2. The van der Waals surface area contributed by atoms with Gasteiger partial charge in [0.05, 0.1) is 52.9 Å². The average Bonchev–Trinajstić information content (AvgIpc) is 3.02. The van der Waals surface area contributed by atoms with E-state index in [1.807, 2.05) is 0 Å². The van der Waals surface area contributed by atoms with Gasteiger partial charge in [-0.2, -0.15) is 0 Å². The van der Waals surface area contributed by atoms with Gasteiger partial charge in [0.25, 0.3) is 11.8 Å². The van der Waals surface area contributed by atoms with E-state index in [1.165, 1.54) is 0 Å². The van der Waals surface area contributed by atoms with Crippen LogP contribution in [-0.4, -0.2) is 104 Å². The maximum Gasteiger partial charge on any atom is 0.251 e. The first-order valence-corrected chi connectivity index (χ1v) is 15.4. The number of rotatable bonds is 9. The Morgan fingerprint density at radius 2 is 0.795 bits per heavy atom. The van der Waals surface area contributed by atoms with Gasteiger partial charge in [0.15, 0.2) is 23.0 Å². The number of fused-ring (bicyclic) bond motifs is 2. The number of ether oxygens (including phenoxy) is 8. The van der Waals surface area contributed by atoms with Crippen LogP contribution in [0, 0.1) is 0 Å². The molecule has 2 amide bonds. The first kappa shape index (κ1) is 33.3. The highest BCUT2D eigenvalue weighted by molar-refractivity contribution is 5.95. The lowest BCUT2D eigenvalue weighted by molar-refractivity contribution is 0.0223. The Kier molecular flexibility index (Phi) is 14.9. The lowest BCUT2D eigenvalue weighted by atomic mass is 10.1. The SMILES string of the molecule is O=C(NCCCCCCNC(=O)c1ccc2c(c1)OCCOCCOCCO2)c1ccc2c(c1)OCCOCCOCCO2. The van der Waals surface area contributed by atoms with Crippen LogP contribution in [0.4, 0.5) is 0 Å². The second-order valence-electron chi connectivity index (χ2n) is 10.1. The summed E-state index contributed by atoms with van der Waals surface area (Å²) < 4.78 is 44.9. The molecule has 2 aromatic carbocycles. The van der Waals surface area contributed by atoms with Crippen LogP contribution in [-0.2, 0) is 18.9 Å². The minimum absolute atomic E-state index is 0.168. The standard InChI is InChI=1S/C32H44N2O10/c35-31(25-5-7-27-29(23-25)43-21-17-39-13-11-37-15-19-41-27)33-9-3-1-2-4-10-34-32(36)26-6-8-28-30(24-26)44-22-18-40-14-12-38-16-20-42-28/h5-8,23-24H,1-4,9-22H2,(H,33,35)(H,34,36). The van der Waals surface area contributed by atoms with Gasteiger partial charge >= 0.3 is 0 Å². The third-order valence-corrected chi connectivity index (χ3v) is 6.77. The Hall–Kier alpha value is -3.58. The van der Waals surface area contributed by atoms with Gasteiger partial charge in [-0.05, 0) is 49.2 Å². The van der Waals surface area contributed by atoms with Crippen molar-refractivity contribution < 1.29 is 47.5 Å². The normalized spacial score (nSPS) is 16.6. The summed E-state index contributed by atoms with van der Waals surface area (Å²) in [5.74, 6) is 1.82. The lowest BCUT2D eigenvalue weighted by Crippen LogP contribution is -2.25. The van der Waals surface area contributed by atoms with Crippen molar-refractivity contribution in [2.45, 2.75) is 25.7 Å². The van der Waals surface area contributed by atoms with E-state index in [1.54, 1.807) is 36.4 Å². The fourth-order valence-electron chi connectivity index (χ4n) is 4.46. The van der Waals surface area contributed by atoms with Crippen LogP contribution < -0.4 is 29.6 Å². The third-order valence-electron chi connectivity index (χ3n) is 6.77. The summed E-state index contributed by atoms with van der Waals surface area (Å²) in [6.45, 7) is 6.37. The van der Waals surface area contributed by atoms with Gasteiger partial charge in [0.2, 0.25) is 0 Å². The van der Waals surface area contributed by atoms with E-state index in [-0.39, 0.29) is 11.8 Å². The number of carbonyl (C=O) groups is 2. The van der Waals surface area contributed by atoms with Crippen LogP contribution in [0.15, 0.2) is 36.4 Å². The number of nitrogens with one attached hydrogen (secondary N) is 2. The monoisotopic (exact) mass is 616 g/mol. The lowest BCUT2D eigenvalue weighted by Gasteiger charge is -2.16. The van der Waals surface area contributed by atoms with E-state index in [4.69, 9.17) is 37.9 Å². The van der Waals surface area contributed by atoms with E-state index >= 15 is 0 Å². The molecule has 0 aromatic heterocycles. The number of hydrogen-bond acceptors (Lipinski definition) is 10. The molecule has 2 N–H and O–H groups in total. The van der Waals surface area contributed by atoms with Crippen LogP contribution >= 0.6 is 0 Å². The average molecular weight is 617 g/mol. The molecule has 44 heavy (non-hydrogen) atoms. The minimum atomic E-state index is -0.168. The fraction of sp³-hybridized carbons (Fsp3) is 0.562. The van der Waals surface area contributed by atoms with E-state index in [2.05, 4.69) is 10.6 Å². The van der Waals surface area contributed by atoms with E-state index in [0.717, 1.165) is 25.7 Å². The zero-order chi connectivity index (χ0) is 30.7. The van der Waals surface area contributed by atoms with Crippen molar-refractivity contribution in [3.05, 3.63) is 47.5 Å². The molecule has 242 valence electrons. The van der Waals surface area contributed by atoms with Gasteiger partial charge in [0.1, 0.15) is 26.4 Å². The number of amides is 2. The van der Waals surface area contributed by atoms with E-state index in [9.17, 15) is 9.59 Å². The Morgan fingerprint density at radius 1 is 0.455 bits per heavy atom. The summed E-state index contributed by atoms with van der Waals surface area (Å²) in [5, 5.41) is 5.93. The highest BCUT2D eigenvalue weighted by Crippen LogP contribution is 2.30. The first-order chi connectivity index (χ1) is 21.7. The molecule has 0 aliphatic carbocycles. The molecule has 4 rings (SSSR count). The zero-order valence-electron chi connectivity index (χ0n) is 25.3. The summed E-state index contributed by atoms with van der Waals surface area (Å²) in [7, 11) is 0. The molecule has 0 spiro atoms. The molecule has 12 heteroatoms. The summed E-state index contributed by atoms with van der Waals surface area (Å²) in [4.78, 5) is 25.4. The van der Waals surface area contributed by atoms with E-state index in [0.29, 0.717) is 126 Å². The highest BCUT2D eigenvalue weighted by atomic mass is 16.6. The smallest absolute Gasteiger partial charge is 0.251 e.